The number of esters is 2. The van der Waals surface area contributed by atoms with Crippen LogP contribution >= 0.6 is 0 Å². The normalized spacial score (nSPS) is 17.1. The quantitative estimate of drug-likeness (QED) is 0.517. The first-order valence-corrected chi connectivity index (χ1v) is 6.65. The number of fused-ring (bicyclic) bond motifs is 1. The summed E-state index contributed by atoms with van der Waals surface area (Å²) in [7, 11) is 0. The Balaban J connectivity index is 1.82. The third kappa shape index (κ3) is 2.65. The van der Waals surface area contributed by atoms with Gasteiger partial charge in [-0.25, -0.2) is 14.6 Å². The maximum Gasteiger partial charge on any atom is 0.350 e. The van der Waals surface area contributed by atoms with Crippen molar-refractivity contribution in [2.45, 2.75) is 26.6 Å². The molecule has 7 nitrogen and oxygen atoms in total. The van der Waals surface area contributed by atoms with Crippen molar-refractivity contribution in [2.75, 3.05) is 5.32 Å². The maximum absolute atomic E-state index is 11.8. The Bertz CT molecular complexity index is 781. The molecule has 1 aliphatic heterocycles. The van der Waals surface area contributed by atoms with Gasteiger partial charge in [-0.05, 0) is 18.2 Å². The first kappa shape index (κ1) is 14.1. The van der Waals surface area contributed by atoms with E-state index in [0.29, 0.717) is 22.7 Å². The minimum Gasteiger partial charge on any atom is -0.441 e. The molecule has 0 bridgehead atoms. The number of aryl methyl sites for hydroxylation is 1. The van der Waals surface area contributed by atoms with Crippen LogP contribution in [-0.2, 0) is 19.1 Å². The Morgan fingerprint density at radius 1 is 1.18 bits per heavy atom. The Kier molecular flexibility index (Phi) is 3.13. The number of cyclic esters (lactones) is 2. The van der Waals surface area contributed by atoms with Crippen LogP contribution in [0.3, 0.4) is 0 Å². The van der Waals surface area contributed by atoms with Crippen molar-refractivity contribution in [1.82, 2.24) is 4.98 Å². The van der Waals surface area contributed by atoms with Gasteiger partial charge in [-0.15, -0.1) is 0 Å². The van der Waals surface area contributed by atoms with Crippen LogP contribution in [0.4, 0.5) is 5.69 Å². The largest absolute Gasteiger partial charge is 0.441 e. The summed E-state index contributed by atoms with van der Waals surface area (Å²) in [5.74, 6) is -2.14. The molecule has 0 radical (unpaired) electrons. The highest BCUT2D eigenvalue weighted by Gasteiger charge is 2.38. The molecule has 1 N–H and O–H groups in total. The summed E-state index contributed by atoms with van der Waals surface area (Å²) < 4.78 is 15.4. The van der Waals surface area contributed by atoms with E-state index in [4.69, 9.17) is 13.9 Å². The van der Waals surface area contributed by atoms with E-state index in [1.54, 1.807) is 25.1 Å². The smallest absolute Gasteiger partial charge is 0.350 e. The van der Waals surface area contributed by atoms with Gasteiger partial charge in [-0.3, -0.25) is 0 Å². The Morgan fingerprint density at radius 2 is 1.86 bits per heavy atom. The van der Waals surface area contributed by atoms with Crippen molar-refractivity contribution in [3.05, 3.63) is 35.9 Å². The second-order valence-corrected chi connectivity index (χ2v) is 5.30. The number of hydrogen-bond acceptors (Lipinski definition) is 7. The van der Waals surface area contributed by atoms with Crippen LogP contribution in [0.2, 0.25) is 0 Å². The number of benzene rings is 1. The van der Waals surface area contributed by atoms with E-state index >= 15 is 0 Å². The minimum absolute atomic E-state index is 0.198. The number of aromatic nitrogens is 1. The Morgan fingerprint density at radius 3 is 2.55 bits per heavy atom. The first-order chi connectivity index (χ1) is 10.3. The van der Waals surface area contributed by atoms with Gasteiger partial charge in [0.1, 0.15) is 5.52 Å². The van der Waals surface area contributed by atoms with Crippen LogP contribution in [0.25, 0.3) is 11.1 Å². The lowest BCUT2D eigenvalue weighted by Crippen LogP contribution is -2.42. The molecule has 0 saturated carbocycles. The lowest BCUT2D eigenvalue weighted by molar-refractivity contribution is -0.222. The first-order valence-electron chi connectivity index (χ1n) is 6.65. The highest BCUT2D eigenvalue weighted by atomic mass is 16.7. The summed E-state index contributed by atoms with van der Waals surface area (Å²) in [4.78, 5) is 27.8. The molecule has 3 rings (SSSR count). The van der Waals surface area contributed by atoms with Crippen LogP contribution < -0.4 is 5.32 Å². The van der Waals surface area contributed by atoms with E-state index in [9.17, 15) is 9.59 Å². The number of nitrogens with zero attached hydrogens (tertiary/aromatic N) is 1. The average molecular weight is 302 g/mol. The number of anilines is 1. The van der Waals surface area contributed by atoms with E-state index in [-0.39, 0.29) is 5.57 Å². The SMILES string of the molecule is Cc1nc2cc(NC=C3C(=O)OC(C)(C)OC3=O)ccc2o1. The summed E-state index contributed by atoms with van der Waals surface area (Å²) in [6.07, 6.45) is 1.26. The zero-order valence-electron chi connectivity index (χ0n) is 12.3. The minimum atomic E-state index is -1.25. The van der Waals surface area contributed by atoms with Crippen LogP contribution in [0.5, 0.6) is 0 Å². The monoisotopic (exact) mass is 302 g/mol. The summed E-state index contributed by atoms with van der Waals surface area (Å²) in [6, 6.07) is 5.23. The van der Waals surface area contributed by atoms with Gasteiger partial charge >= 0.3 is 11.9 Å². The van der Waals surface area contributed by atoms with Crippen molar-refractivity contribution in [1.29, 1.82) is 0 Å². The van der Waals surface area contributed by atoms with Gasteiger partial charge in [-0.2, -0.15) is 0 Å². The second kappa shape index (κ2) is 4.87. The van der Waals surface area contributed by atoms with Crippen LogP contribution in [0.1, 0.15) is 19.7 Å². The van der Waals surface area contributed by atoms with Crippen molar-refractivity contribution >= 4 is 28.7 Å². The zero-order chi connectivity index (χ0) is 15.9. The maximum atomic E-state index is 11.8. The third-order valence-electron chi connectivity index (χ3n) is 2.99. The molecule has 0 spiro atoms. The predicted molar refractivity (Wildman–Crippen MR) is 76.7 cm³/mol. The summed E-state index contributed by atoms with van der Waals surface area (Å²) >= 11 is 0. The summed E-state index contributed by atoms with van der Waals surface area (Å²) in [6.45, 7) is 4.74. The number of carbonyl (C=O) groups is 2. The molecule has 1 aromatic heterocycles. The summed E-state index contributed by atoms with van der Waals surface area (Å²) in [5.41, 5.74) is 1.79. The number of ether oxygens (including phenoxy) is 2. The molecule has 1 aromatic carbocycles. The van der Waals surface area contributed by atoms with E-state index in [2.05, 4.69) is 10.3 Å². The number of rotatable bonds is 2. The molecule has 22 heavy (non-hydrogen) atoms. The molecule has 1 fully saturated rings. The van der Waals surface area contributed by atoms with Gasteiger partial charge < -0.3 is 19.2 Å². The zero-order valence-corrected chi connectivity index (χ0v) is 12.3. The van der Waals surface area contributed by atoms with Crippen LogP contribution in [0.15, 0.2) is 34.4 Å². The van der Waals surface area contributed by atoms with Gasteiger partial charge in [0.25, 0.3) is 5.79 Å². The van der Waals surface area contributed by atoms with E-state index in [1.807, 2.05) is 0 Å². The van der Waals surface area contributed by atoms with Crippen molar-refractivity contribution in [3.8, 4) is 0 Å². The number of carbonyl (C=O) groups excluding carboxylic acids is 2. The fourth-order valence-corrected chi connectivity index (χ4v) is 2.07. The molecular weight excluding hydrogens is 288 g/mol. The molecule has 1 aliphatic rings. The lowest BCUT2D eigenvalue weighted by Gasteiger charge is -2.29. The lowest BCUT2D eigenvalue weighted by atomic mass is 10.2. The van der Waals surface area contributed by atoms with Crippen LogP contribution in [-0.4, -0.2) is 22.7 Å². The molecule has 114 valence electrons. The molecule has 0 amide bonds. The average Bonchev–Trinajstić information content (AvgIpc) is 2.75. The predicted octanol–water partition coefficient (Wildman–Crippen LogP) is 2.27. The molecule has 2 aromatic rings. The molecule has 0 aliphatic carbocycles. The highest BCUT2D eigenvalue weighted by molar-refractivity contribution is 6.15. The van der Waals surface area contributed by atoms with Crippen molar-refractivity contribution < 1.29 is 23.5 Å². The van der Waals surface area contributed by atoms with Gasteiger partial charge in [0, 0.05) is 32.7 Å². The fourth-order valence-electron chi connectivity index (χ4n) is 2.07. The van der Waals surface area contributed by atoms with E-state index < -0.39 is 17.7 Å². The Labute approximate surface area is 125 Å². The number of nitrogens with one attached hydrogen (secondary N) is 1. The standard InChI is InChI=1S/C15H14N2O5/c1-8-17-11-6-9(4-5-12(11)20-8)16-7-10-13(18)21-15(2,3)22-14(10)19/h4-7,16H,1-3H3. The molecule has 0 unspecified atom stereocenters. The van der Waals surface area contributed by atoms with Crippen molar-refractivity contribution in [3.63, 3.8) is 0 Å². The third-order valence-corrected chi connectivity index (χ3v) is 2.99. The van der Waals surface area contributed by atoms with Gasteiger partial charge in [-0.1, -0.05) is 0 Å². The fraction of sp³-hybridized carbons (Fsp3) is 0.267. The van der Waals surface area contributed by atoms with Gasteiger partial charge in [0.15, 0.2) is 17.0 Å². The van der Waals surface area contributed by atoms with E-state index in [1.165, 1.54) is 20.0 Å². The Hall–Kier alpha value is -2.83. The molecular formula is C15H14N2O5. The van der Waals surface area contributed by atoms with Crippen LogP contribution in [0, 0.1) is 6.92 Å². The molecule has 0 atom stereocenters. The van der Waals surface area contributed by atoms with Gasteiger partial charge in [0.05, 0.1) is 0 Å². The van der Waals surface area contributed by atoms with Gasteiger partial charge in [0.2, 0.25) is 0 Å². The second-order valence-electron chi connectivity index (χ2n) is 5.30. The molecule has 2 heterocycles. The topological polar surface area (TPSA) is 90.7 Å². The number of oxazole rings is 1. The number of hydrogen-bond donors (Lipinski definition) is 1. The van der Waals surface area contributed by atoms with Crippen molar-refractivity contribution in [2.24, 2.45) is 0 Å². The summed E-state index contributed by atoms with van der Waals surface area (Å²) in [5, 5.41) is 2.86. The highest BCUT2D eigenvalue weighted by Crippen LogP contribution is 2.23. The molecule has 1 saturated heterocycles. The molecule has 7 heteroatoms. The van der Waals surface area contributed by atoms with E-state index in [0.717, 1.165) is 0 Å².